The fraction of sp³-hybridized carbons (Fsp3) is 0.267. The van der Waals surface area contributed by atoms with Crippen LogP contribution in [-0.2, 0) is 13.1 Å². The molecule has 0 fully saturated rings. The van der Waals surface area contributed by atoms with Crippen LogP contribution in [0, 0.1) is 5.82 Å². The molecule has 1 aromatic carbocycles. The van der Waals surface area contributed by atoms with E-state index >= 15 is 0 Å². The van der Waals surface area contributed by atoms with Crippen molar-refractivity contribution >= 4 is 0 Å². The topological polar surface area (TPSA) is 45.5 Å². The number of pyridine rings is 1. The second-order valence-electron chi connectivity index (χ2n) is 4.97. The fourth-order valence-corrected chi connectivity index (χ4v) is 2.02. The first kappa shape index (κ1) is 14.3. The maximum absolute atomic E-state index is 13.7. The summed E-state index contributed by atoms with van der Waals surface area (Å²) in [6.45, 7) is 0.799. The summed E-state index contributed by atoms with van der Waals surface area (Å²) in [4.78, 5) is 13.4. The molecule has 2 rings (SSSR count). The molecule has 0 aliphatic heterocycles. The van der Waals surface area contributed by atoms with Crippen LogP contribution in [0.4, 0.5) is 4.39 Å². The predicted molar refractivity (Wildman–Crippen MR) is 75.3 cm³/mol. The van der Waals surface area contributed by atoms with Crippen LogP contribution in [0.25, 0.3) is 0 Å². The van der Waals surface area contributed by atoms with Gasteiger partial charge in [-0.1, -0.05) is 18.2 Å². The second kappa shape index (κ2) is 5.88. The highest BCUT2D eigenvalue weighted by atomic mass is 19.1. The largest absolute Gasteiger partial charge is 0.503 e. The third-order valence-electron chi connectivity index (χ3n) is 2.97. The molecule has 20 heavy (non-hydrogen) atoms. The molecule has 106 valence electrons. The van der Waals surface area contributed by atoms with Crippen LogP contribution in [0.15, 0.2) is 41.3 Å². The molecule has 2 aromatic rings. The normalized spacial score (nSPS) is 11.0. The maximum atomic E-state index is 13.7. The van der Waals surface area contributed by atoms with E-state index in [1.54, 1.807) is 22.8 Å². The molecule has 0 aliphatic rings. The first-order valence-electron chi connectivity index (χ1n) is 6.28. The lowest BCUT2D eigenvalue weighted by Crippen LogP contribution is -2.20. The number of rotatable bonds is 4. The SMILES string of the molecule is CN(C)Cc1cc(=O)c(O)cn1Cc1ccccc1F. The van der Waals surface area contributed by atoms with Crippen molar-refractivity contribution in [1.82, 2.24) is 9.47 Å². The molecular weight excluding hydrogens is 259 g/mol. The van der Waals surface area contributed by atoms with Crippen LogP contribution in [0.3, 0.4) is 0 Å². The van der Waals surface area contributed by atoms with Crippen LogP contribution in [0.1, 0.15) is 11.3 Å². The third-order valence-corrected chi connectivity index (χ3v) is 2.97. The average molecular weight is 276 g/mol. The second-order valence-corrected chi connectivity index (χ2v) is 4.97. The lowest BCUT2D eigenvalue weighted by molar-refractivity contribution is 0.383. The van der Waals surface area contributed by atoms with Gasteiger partial charge in [-0.15, -0.1) is 0 Å². The van der Waals surface area contributed by atoms with Crippen LogP contribution in [0.5, 0.6) is 5.75 Å². The Morgan fingerprint density at radius 3 is 2.65 bits per heavy atom. The molecule has 0 bridgehead atoms. The molecule has 0 unspecified atom stereocenters. The van der Waals surface area contributed by atoms with Gasteiger partial charge in [0.05, 0.1) is 12.7 Å². The minimum atomic E-state index is -0.424. The number of nitrogens with zero attached hydrogens (tertiary/aromatic N) is 2. The van der Waals surface area contributed by atoms with Crippen molar-refractivity contribution in [3.8, 4) is 5.75 Å². The zero-order valence-electron chi connectivity index (χ0n) is 11.5. The minimum absolute atomic E-state index is 0.268. The van der Waals surface area contributed by atoms with E-state index < -0.39 is 5.43 Å². The van der Waals surface area contributed by atoms with Crippen LogP contribution >= 0.6 is 0 Å². The van der Waals surface area contributed by atoms with Crippen LogP contribution in [-0.4, -0.2) is 28.7 Å². The molecule has 1 aromatic heterocycles. The summed E-state index contributed by atoms with van der Waals surface area (Å²) in [5.74, 6) is -0.634. The van der Waals surface area contributed by atoms with Crippen molar-refractivity contribution in [2.75, 3.05) is 14.1 Å². The van der Waals surface area contributed by atoms with E-state index in [9.17, 15) is 14.3 Å². The smallest absolute Gasteiger partial charge is 0.223 e. The molecule has 4 nitrogen and oxygen atoms in total. The lowest BCUT2D eigenvalue weighted by Gasteiger charge is -2.17. The Hall–Kier alpha value is -2.14. The van der Waals surface area contributed by atoms with E-state index in [1.165, 1.54) is 18.3 Å². The molecule has 0 radical (unpaired) electrons. The van der Waals surface area contributed by atoms with Crippen molar-refractivity contribution in [1.29, 1.82) is 0 Å². The van der Waals surface area contributed by atoms with Crippen molar-refractivity contribution in [3.63, 3.8) is 0 Å². The van der Waals surface area contributed by atoms with Gasteiger partial charge in [-0.2, -0.15) is 0 Å². The van der Waals surface area contributed by atoms with Gasteiger partial charge in [0.2, 0.25) is 5.43 Å². The van der Waals surface area contributed by atoms with Gasteiger partial charge in [-0.3, -0.25) is 4.79 Å². The number of halogens is 1. The number of hydrogen-bond acceptors (Lipinski definition) is 3. The summed E-state index contributed by atoms with van der Waals surface area (Å²) in [6, 6.07) is 7.85. The molecule has 0 atom stereocenters. The van der Waals surface area contributed by atoms with Gasteiger partial charge in [0, 0.05) is 23.9 Å². The van der Waals surface area contributed by atoms with Gasteiger partial charge in [-0.25, -0.2) is 4.39 Å². The van der Waals surface area contributed by atoms with Crippen LogP contribution in [0.2, 0.25) is 0 Å². The molecule has 0 spiro atoms. The lowest BCUT2D eigenvalue weighted by atomic mass is 10.2. The Morgan fingerprint density at radius 1 is 1.30 bits per heavy atom. The van der Waals surface area contributed by atoms with E-state index in [-0.39, 0.29) is 18.1 Å². The Morgan fingerprint density at radius 2 is 2.00 bits per heavy atom. The van der Waals surface area contributed by atoms with Crippen molar-refractivity contribution in [2.45, 2.75) is 13.1 Å². The molecule has 0 amide bonds. The van der Waals surface area contributed by atoms with Gasteiger partial charge in [0.15, 0.2) is 5.75 Å². The van der Waals surface area contributed by atoms with Crippen molar-refractivity contribution in [3.05, 3.63) is 63.8 Å². The Balaban J connectivity index is 2.42. The van der Waals surface area contributed by atoms with E-state index in [1.807, 2.05) is 19.0 Å². The fourth-order valence-electron chi connectivity index (χ4n) is 2.02. The van der Waals surface area contributed by atoms with Crippen molar-refractivity contribution in [2.24, 2.45) is 0 Å². The van der Waals surface area contributed by atoms with Gasteiger partial charge in [0.1, 0.15) is 5.82 Å². The molecule has 0 saturated heterocycles. The number of benzene rings is 1. The van der Waals surface area contributed by atoms with E-state index in [0.717, 1.165) is 5.69 Å². The van der Waals surface area contributed by atoms with Gasteiger partial charge < -0.3 is 14.6 Å². The summed E-state index contributed by atoms with van der Waals surface area (Å²) in [7, 11) is 3.76. The number of aromatic hydroxyl groups is 1. The quantitative estimate of drug-likeness (QED) is 0.926. The Bertz CT molecular complexity index is 665. The predicted octanol–water partition coefficient (Wildman–Crippen LogP) is 1.80. The summed E-state index contributed by atoms with van der Waals surface area (Å²) >= 11 is 0. The highest BCUT2D eigenvalue weighted by Gasteiger charge is 2.09. The monoisotopic (exact) mass is 276 g/mol. The summed E-state index contributed by atoms with van der Waals surface area (Å²) in [5, 5.41) is 9.57. The van der Waals surface area contributed by atoms with Gasteiger partial charge in [0.25, 0.3) is 0 Å². The summed E-state index contributed by atoms with van der Waals surface area (Å²) in [5.41, 5.74) is 0.809. The zero-order chi connectivity index (χ0) is 14.7. The highest BCUT2D eigenvalue weighted by Crippen LogP contribution is 2.13. The third kappa shape index (κ3) is 3.24. The Kier molecular flexibility index (Phi) is 4.20. The summed E-state index contributed by atoms with van der Waals surface area (Å²) < 4.78 is 15.4. The molecule has 1 heterocycles. The number of hydrogen-bond donors (Lipinski definition) is 1. The average Bonchev–Trinajstić information content (AvgIpc) is 2.37. The highest BCUT2D eigenvalue weighted by molar-refractivity contribution is 5.24. The minimum Gasteiger partial charge on any atom is -0.503 e. The molecule has 0 saturated carbocycles. The first-order chi connectivity index (χ1) is 9.47. The van der Waals surface area contributed by atoms with Crippen molar-refractivity contribution < 1.29 is 9.50 Å². The summed E-state index contributed by atoms with van der Waals surface area (Å²) in [6.07, 6.45) is 1.35. The Labute approximate surface area is 116 Å². The zero-order valence-corrected chi connectivity index (χ0v) is 11.5. The van der Waals surface area contributed by atoms with E-state index in [0.29, 0.717) is 12.1 Å². The molecular formula is C15H17FN2O2. The van der Waals surface area contributed by atoms with Crippen LogP contribution < -0.4 is 5.43 Å². The standard InChI is InChI=1S/C15H17FN2O2/c1-17(2)9-12-7-14(19)15(20)10-18(12)8-11-5-3-4-6-13(11)16/h3-7,10,20H,8-9H2,1-2H3. The van der Waals surface area contributed by atoms with Gasteiger partial charge in [-0.05, 0) is 20.2 Å². The first-order valence-corrected chi connectivity index (χ1v) is 6.28. The molecule has 1 N–H and O–H groups in total. The maximum Gasteiger partial charge on any atom is 0.223 e. The van der Waals surface area contributed by atoms with E-state index in [2.05, 4.69) is 0 Å². The van der Waals surface area contributed by atoms with E-state index in [4.69, 9.17) is 0 Å². The number of aromatic nitrogens is 1. The van der Waals surface area contributed by atoms with Gasteiger partial charge >= 0.3 is 0 Å². The molecule has 5 heteroatoms. The molecule has 0 aliphatic carbocycles.